The number of nitrogens with zero attached hydrogens (tertiary/aromatic N) is 3. The number of carbonyl (C=O) groups is 2. The fourth-order valence-electron chi connectivity index (χ4n) is 3.76. The molecule has 1 atom stereocenters. The van der Waals surface area contributed by atoms with E-state index in [2.05, 4.69) is 0 Å². The molecule has 152 valence electrons. The van der Waals surface area contributed by atoms with Gasteiger partial charge in [0.1, 0.15) is 0 Å². The molecule has 3 saturated heterocycles. The van der Waals surface area contributed by atoms with Crippen molar-refractivity contribution in [3.8, 4) is 0 Å². The van der Waals surface area contributed by atoms with Gasteiger partial charge in [0.15, 0.2) is 0 Å². The van der Waals surface area contributed by atoms with Gasteiger partial charge in [0.25, 0.3) is 5.91 Å². The van der Waals surface area contributed by atoms with E-state index in [4.69, 9.17) is 9.47 Å². The zero-order chi connectivity index (χ0) is 19.7. The van der Waals surface area contributed by atoms with E-state index in [1.807, 2.05) is 4.90 Å². The summed E-state index contributed by atoms with van der Waals surface area (Å²) in [5.74, 6) is -0.541. The molecule has 0 spiro atoms. The molecule has 3 fully saturated rings. The monoisotopic (exact) mass is 409 g/mol. The van der Waals surface area contributed by atoms with Crippen LogP contribution in [0.1, 0.15) is 6.42 Å². The fraction of sp³-hybridized carbons (Fsp3) is 0.556. The average Bonchev–Trinajstić information content (AvgIpc) is 3.03. The highest BCUT2D eigenvalue weighted by Gasteiger charge is 2.43. The second-order valence-electron chi connectivity index (χ2n) is 6.95. The van der Waals surface area contributed by atoms with E-state index in [0.717, 1.165) is 4.90 Å². The minimum Gasteiger partial charge on any atom is -0.379 e. The van der Waals surface area contributed by atoms with E-state index in [1.165, 1.54) is 28.6 Å². The predicted molar refractivity (Wildman–Crippen MR) is 99.3 cm³/mol. The topological polar surface area (TPSA) is 96.5 Å². The number of amides is 2. The Morgan fingerprint density at radius 2 is 1.43 bits per heavy atom. The number of morpholine rings is 2. The van der Waals surface area contributed by atoms with Crippen LogP contribution in [0, 0.1) is 0 Å². The molecule has 0 unspecified atom stereocenters. The summed E-state index contributed by atoms with van der Waals surface area (Å²) in [6.45, 7) is 3.71. The van der Waals surface area contributed by atoms with Crippen LogP contribution in [-0.2, 0) is 29.1 Å². The van der Waals surface area contributed by atoms with E-state index in [9.17, 15) is 18.0 Å². The summed E-state index contributed by atoms with van der Waals surface area (Å²) in [7, 11) is -3.61. The summed E-state index contributed by atoms with van der Waals surface area (Å²) >= 11 is 0. The zero-order valence-electron chi connectivity index (χ0n) is 15.5. The fourth-order valence-corrected chi connectivity index (χ4v) is 5.17. The highest BCUT2D eigenvalue weighted by Crippen LogP contribution is 2.28. The van der Waals surface area contributed by atoms with Crippen LogP contribution in [0.25, 0.3) is 0 Å². The summed E-state index contributed by atoms with van der Waals surface area (Å²) in [6.07, 6.45) is 0.132. The summed E-state index contributed by atoms with van der Waals surface area (Å²) in [5.41, 5.74) is 0.395. The molecule has 1 aromatic rings. The van der Waals surface area contributed by atoms with E-state index in [1.54, 1.807) is 0 Å². The highest BCUT2D eigenvalue weighted by atomic mass is 32.2. The molecule has 4 rings (SSSR count). The lowest BCUT2D eigenvalue weighted by molar-refractivity contribution is -0.123. The smallest absolute Gasteiger partial charge is 0.251 e. The number of rotatable bonds is 4. The van der Waals surface area contributed by atoms with Gasteiger partial charge in [0, 0.05) is 26.2 Å². The Balaban J connectivity index is 1.52. The van der Waals surface area contributed by atoms with Gasteiger partial charge in [0.2, 0.25) is 15.9 Å². The maximum absolute atomic E-state index is 12.8. The van der Waals surface area contributed by atoms with E-state index < -0.39 is 16.1 Å². The van der Waals surface area contributed by atoms with Crippen molar-refractivity contribution in [2.24, 2.45) is 0 Å². The van der Waals surface area contributed by atoms with Gasteiger partial charge in [-0.25, -0.2) is 13.3 Å². The predicted octanol–water partition coefficient (Wildman–Crippen LogP) is -0.328. The molecular formula is C18H23N3O6S. The third-order valence-electron chi connectivity index (χ3n) is 5.31. The normalized spacial score (nSPS) is 25.4. The Labute approximate surface area is 163 Å². The number of benzene rings is 1. The van der Waals surface area contributed by atoms with Crippen molar-refractivity contribution < 1.29 is 27.5 Å². The molecule has 9 nitrogen and oxygen atoms in total. The Morgan fingerprint density at radius 1 is 0.857 bits per heavy atom. The minimum absolute atomic E-state index is 0.132. The molecule has 1 aromatic carbocycles. The van der Waals surface area contributed by atoms with Gasteiger partial charge in [-0.2, -0.15) is 4.31 Å². The minimum atomic E-state index is -3.61. The average molecular weight is 409 g/mol. The van der Waals surface area contributed by atoms with E-state index in [0.29, 0.717) is 58.3 Å². The first-order chi connectivity index (χ1) is 13.5. The van der Waals surface area contributed by atoms with Crippen LogP contribution in [0.15, 0.2) is 29.2 Å². The summed E-state index contributed by atoms with van der Waals surface area (Å²) in [6, 6.07) is 5.45. The third kappa shape index (κ3) is 3.58. The molecule has 0 radical (unpaired) electrons. The van der Waals surface area contributed by atoms with Crippen molar-refractivity contribution in [3.63, 3.8) is 0 Å². The number of ether oxygens (including phenoxy) is 2. The van der Waals surface area contributed by atoms with Gasteiger partial charge in [0.05, 0.1) is 49.5 Å². The van der Waals surface area contributed by atoms with Crippen LogP contribution in [0.5, 0.6) is 0 Å². The second-order valence-corrected chi connectivity index (χ2v) is 8.88. The molecule has 0 aliphatic carbocycles. The summed E-state index contributed by atoms with van der Waals surface area (Å²) in [4.78, 5) is 28.6. The molecule has 3 aliphatic rings. The second kappa shape index (κ2) is 7.88. The quantitative estimate of drug-likeness (QED) is 0.629. The molecule has 0 aromatic heterocycles. The van der Waals surface area contributed by atoms with Crippen LogP contribution < -0.4 is 4.90 Å². The molecule has 28 heavy (non-hydrogen) atoms. The Kier molecular flexibility index (Phi) is 5.48. The largest absolute Gasteiger partial charge is 0.379 e. The number of hydrogen-bond acceptors (Lipinski definition) is 7. The molecule has 3 aliphatic heterocycles. The van der Waals surface area contributed by atoms with E-state index in [-0.39, 0.29) is 23.1 Å². The van der Waals surface area contributed by atoms with Gasteiger partial charge in [-0.15, -0.1) is 0 Å². The summed E-state index contributed by atoms with van der Waals surface area (Å²) < 4.78 is 37.3. The van der Waals surface area contributed by atoms with Crippen LogP contribution in [0.3, 0.4) is 0 Å². The maximum atomic E-state index is 12.8. The zero-order valence-corrected chi connectivity index (χ0v) is 16.3. The van der Waals surface area contributed by atoms with Crippen LogP contribution >= 0.6 is 0 Å². The molecule has 10 heteroatoms. The van der Waals surface area contributed by atoms with Gasteiger partial charge in [-0.05, 0) is 24.3 Å². The molecule has 0 saturated carbocycles. The number of imide groups is 1. The van der Waals surface area contributed by atoms with Gasteiger partial charge in [-0.1, -0.05) is 0 Å². The number of carbonyl (C=O) groups excluding carboxylic acids is 2. The van der Waals surface area contributed by atoms with Crippen LogP contribution in [0.4, 0.5) is 5.69 Å². The van der Waals surface area contributed by atoms with Gasteiger partial charge < -0.3 is 9.47 Å². The summed E-state index contributed by atoms with van der Waals surface area (Å²) in [5, 5.41) is 0. The molecule has 3 heterocycles. The highest BCUT2D eigenvalue weighted by molar-refractivity contribution is 7.89. The number of hydrogen-bond donors (Lipinski definition) is 0. The molecular weight excluding hydrogens is 386 g/mol. The maximum Gasteiger partial charge on any atom is 0.251 e. The Morgan fingerprint density at radius 3 is 2.04 bits per heavy atom. The van der Waals surface area contributed by atoms with Crippen molar-refractivity contribution in [1.29, 1.82) is 0 Å². The van der Waals surface area contributed by atoms with Crippen LogP contribution in [0.2, 0.25) is 0 Å². The first-order valence-electron chi connectivity index (χ1n) is 9.35. The van der Waals surface area contributed by atoms with Gasteiger partial charge in [-0.3, -0.25) is 14.5 Å². The third-order valence-corrected chi connectivity index (χ3v) is 7.22. The van der Waals surface area contributed by atoms with Crippen molar-refractivity contribution in [2.75, 3.05) is 57.5 Å². The lowest BCUT2D eigenvalue weighted by Crippen LogP contribution is -2.47. The van der Waals surface area contributed by atoms with Crippen molar-refractivity contribution in [1.82, 2.24) is 9.21 Å². The van der Waals surface area contributed by atoms with Crippen molar-refractivity contribution in [2.45, 2.75) is 17.4 Å². The lowest BCUT2D eigenvalue weighted by atomic mass is 10.2. The molecule has 2 amide bonds. The Bertz CT molecular complexity index is 845. The van der Waals surface area contributed by atoms with Gasteiger partial charge >= 0.3 is 0 Å². The van der Waals surface area contributed by atoms with Crippen LogP contribution in [-0.4, -0.2) is 88.1 Å². The molecule has 0 bridgehead atoms. The number of sulfonamides is 1. The SMILES string of the molecule is O=C1C[C@H](N2CCOCC2)C(=O)N1c1ccc(S(=O)(=O)N2CCOCC2)cc1. The number of anilines is 1. The van der Waals surface area contributed by atoms with Crippen molar-refractivity contribution >= 4 is 27.5 Å². The lowest BCUT2D eigenvalue weighted by Gasteiger charge is -2.30. The van der Waals surface area contributed by atoms with Crippen molar-refractivity contribution in [3.05, 3.63) is 24.3 Å². The molecule has 0 N–H and O–H groups in total. The first kappa shape index (κ1) is 19.5. The standard InChI is InChI=1S/C18H23N3O6S/c22-17-13-16(19-5-9-26-10-6-19)18(23)21(17)14-1-3-15(4-2-14)28(24,25)20-7-11-27-12-8-20/h1-4,16H,5-13H2/t16-/m0/s1. The Hall–Kier alpha value is -1.85. The van der Waals surface area contributed by atoms with E-state index >= 15 is 0 Å². The first-order valence-corrected chi connectivity index (χ1v) is 10.8.